The summed E-state index contributed by atoms with van der Waals surface area (Å²) in [7, 11) is -1.49. The van der Waals surface area contributed by atoms with Crippen molar-refractivity contribution in [3.8, 4) is 0 Å². The van der Waals surface area contributed by atoms with Crippen molar-refractivity contribution in [2.75, 3.05) is 19.3 Å². The lowest BCUT2D eigenvalue weighted by Crippen LogP contribution is -2.41. The minimum atomic E-state index is -3.53. The maximum atomic E-state index is 12.2. The van der Waals surface area contributed by atoms with Crippen molar-refractivity contribution in [2.24, 2.45) is 0 Å². The van der Waals surface area contributed by atoms with Crippen molar-refractivity contribution >= 4 is 15.7 Å². The van der Waals surface area contributed by atoms with Crippen molar-refractivity contribution in [3.05, 3.63) is 24.3 Å². The van der Waals surface area contributed by atoms with Gasteiger partial charge in [0.25, 0.3) is 0 Å². The molecular formula is C13H21N3O2S. The Balaban J connectivity index is 2.00. The molecule has 1 fully saturated rings. The summed E-state index contributed by atoms with van der Waals surface area (Å²) in [5.74, 6) is 0. The van der Waals surface area contributed by atoms with Crippen molar-refractivity contribution in [1.82, 2.24) is 9.62 Å². The first-order valence-corrected chi connectivity index (χ1v) is 7.96. The number of anilines is 1. The van der Waals surface area contributed by atoms with Gasteiger partial charge < -0.3 is 5.73 Å². The van der Waals surface area contributed by atoms with Gasteiger partial charge in [0.05, 0.1) is 5.69 Å². The quantitative estimate of drug-likeness (QED) is 0.765. The lowest BCUT2D eigenvalue weighted by atomic mass is 10.3. The van der Waals surface area contributed by atoms with Crippen LogP contribution >= 0.6 is 0 Å². The Morgan fingerprint density at radius 1 is 1.42 bits per heavy atom. The molecule has 0 aromatic heterocycles. The Morgan fingerprint density at radius 3 is 2.63 bits per heavy atom. The number of nitrogens with zero attached hydrogens (tertiary/aromatic N) is 1. The van der Waals surface area contributed by atoms with Crippen molar-refractivity contribution in [2.45, 2.75) is 36.7 Å². The minimum Gasteiger partial charge on any atom is -0.398 e. The Hall–Kier alpha value is -1.11. The van der Waals surface area contributed by atoms with Gasteiger partial charge in [-0.05, 0) is 38.9 Å². The fourth-order valence-corrected chi connectivity index (χ4v) is 3.27. The predicted octanol–water partition coefficient (Wildman–Crippen LogP) is 1.03. The van der Waals surface area contributed by atoms with Crippen LogP contribution in [0.3, 0.4) is 0 Å². The van der Waals surface area contributed by atoms with Gasteiger partial charge in [-0.15, -0.1) is 0 Å². The number of hydrogen-bond acceptors (Lipinski definition) is 4. The number of rotatable bonds is 6. The summed E-state index contributed by atoms with van der Waals surface area (Å²) in [6, 6.07) is 7.29. The Labute approximate surface area is 114 Å². The molecule has 1 aliphatic carbocycles. The van der Waals surface area contributed by atoms with Gasteiger partial charge in [0, 0.05) is 18.6 Å². The molecule has 1 aliphatic rings. The third-order valence-electron chi connectivity index (χ3n) is 3.60. The summed E-state index contributed by atoms with van der Waals surface area (Å²) < 4.78 is 26.9. The molecule has 106 valence electrons. The summed E-state index contributed by atoms with van der Waals surface area (Å²) in [6.07, 6.45) is 2.42. The van der Waals surface area contributed by atoms with Crippen LogP contribution in [0.15, 0.2) is 29.2 Å². The zero-order valence-corrected chi connectivity index (χ0v) is 12.2. The molecule has 1 aromatic carbocycles. The van der Waals surface area contributed by atoms with E-state index in [4.69, 9.17) is 5.73 Å². The number of hydrogen-bond donors (Lipinski definition) is 2. The first-order valence-electron chi connectivity index (χ1n) is 6.48. The number of likely N-dealkylation sites (N-methyl/N-ethyl adjacent to an activating group) is 1. The van der Waals surface area contributed by atoms with E-state index >= 15 is 0 Å². The molecule has 0 amide bonds. The molecule has 1 saturated carbocycles. The van der Waals surface area contributed by atoms with Crippen LogP contribution in [0.4, 0.5) is 5.69 Å². The maximum absolute atomic E-state index is 12.2. The van der Waals surface area contributed by atoms with Crippen LogP contribution in [0, 0.1) is 0 Å². The fourth-order valence-electron chi connectivity index (χ4n) is 2.02. The molecule has 19 heavy (non-hydrogen) atoms. The molecule has 0 aliphatic heterocycles. The average molecular weight is 283 g/mol. The molecule has 3 N–H and O–H groups in total. The van der Waals surface area contributed by atoms with Gasteiger partial charge in [-0.2, -0.15) is 0 Å². The fraction of sp³-hybridized carbons (Fsp3) is 0.538. The lowest BCUT2D eigenvalue weighted by molar-refractivity contribution is 0.248. The number of para-hydroxylation sites is 1. The maximum Gasteiger partial charge on any atom is 0.242 e. The third kappa shape index (κ3) is 3.46. The standard InChI is InChI=1S/C13H21N3O2S/c1-10(16(2)11-7-8-11)9-15-19(17,18)13-6-4-3-5-12(13)14/h3-6,10-11,15H,7-9,14H2,1-2H3. The van der Waals surface area contributed by atoms with Crippen LogP contribution in [-0.2, 0) is 10.0 Å². The molecule has 6 heteroatoms. The molecule has 0 bridgehead atoms. The second-order valence-corrected chi connectivity index (χ2v) is 6.87. The van der Waals surface area contributed by atoms with E-state index in [9.17, 15) is 8.42 Å². The number of benzene rings is 1. The van der Waals surface area contributed by atoms with Crippen molar-refractivity contribution < 1.29 is 8.42 Å². The number of nitrogens with two attached hydrogens (primary N) is 1. The zero-order valence-electron chi connectivity index (χ0n) is 11.3. The molecule has 1 unspecified atom stereocenters. The van der Waals surface area contributed by atoms with Crippen molar-refractivity contribution in [3.63, 3.8) is 0 Å². The SMILES string of the molecule is CC(CNS(=O)(=O)c1ccccc1N)N(C)C1CC1. The molecule has 2 rings (SSSR count). The van der Waals surface area contributed by atoms with Gasteiger partial charge in [0.2, 0.25) is 10.0 Å². The summed E-state index contributed by atoms with van der Waals surface area (Å²) in [6.45, 7) is 2.42. The van der Waals surface area contributed by atoms with E-state index in [1.165, 1.54) is 18.9 Å². The topological polar surface area (TPSA) is 75.4 Å². The van der Waals surface area contributed by atoms with E-state index in [0.717, 1.165) is 0 Å². The lowest BCUT2D eigenvalue weighted by Gasteiger charge is -2.24. The summed E-state index contributed by atoms with van der Waals surface area (Å²) in [5, 5.41) is 0. The van der Waals surface area contributed by atoms with Crippen molar-refractivity contribution in [1.29, 1.82) is 0 Å². The monoisotopic (exact) mass is 283 g/mol. The molecule has 0 spiro atoms. The molecule has 1 aromatic rings. The first kappa shape index (κ1) is 14.3. The van der Waals surface area contributed by atoms with Crippen LogP contribution in [0.2, 0.25) is 0 Å². The van der Waals surface area contributed by atoms with Gasteiger partial charge >= 0.3 is 0 Å². The number of nitrogen functional groups attached to an aromatic ring is 1. The van der Waals surface area contributed by atoms with E-state index in [1.54, 1.807) is 18.2 Å². The Morgan fingerprint density at radius 2 is 2.05 bits per heavy atom. The third-order valence-corrected chi connectivity index (χ3v) is 5.09. The van der Waals surface area contributed by atoms with Gasteiger partial charge in [0.15, 0.2) is 0 Å². The van der Waals surface area contributed by atoms with E-state index in [1.807, 2.05) is 14.0 Å². The molecule has 5 nitrogen and oxygen atoms in total. The van der Waals surface area contributed by atoms with Gasteiger partial charge in [0.1, 0.15) is 4.90 Å². The zero-order chi connectivity index (χ0) is 14.0. The highest BCUT2D eigenvalue weighted by atomic mass is 32.2. The molecule has 0 radical (unpaired) electrons. The summed E-state index contributed by atoms with van der Waals surface area (Å²) >= 11 is 0. The van der Waals surface area contributed by atoms with E-state index < -0.39 is 10.0 Å². The number of nitrogens with one attached hydrogen (secondary N) is 1. The van der Waals surface area contributed by atoms with Gasteiger partial charge in [-0.1, -0.05) is 12.1 Å². The van der Waals surface area contributed by atoms with Crippen LogP contribution in [0.25, 0.3) is 0 Å². The second-order valence-electron chi connectivity index (χ2n) is 5.14. The van der Waals surface area contributed by atoms with E-state index in [2.05, 4.69) is 9.62 Å². The second kappa shape index (κ2) is 5.48. The average Bonchev–Trinajstić information content (AvgIpc) is 3.19. The Kier molecular flexibility index (Phi) is 4.13. The van der Waals surface area contributed by atoms with E-state index in [0.29, 0.717) is 12.6 Å². The normalized spacial score (nSPS) is 17.6. The van der Waals surface area contributed by atoms with Crippen LogP contribution in [0.5, 0.6) is 0 Å². The van der Waals surface area contributed by atoms with E-state index in [-0.39, 0.29) is 16.6 Å². The van der Waals surface area contributed by atoms with Gasteiger partial charge in [-0.25, -0.2) is 13.1 Å². The highest BCUT2D eigenvalue weighted by molar-refractivity contribution is 7.89. The molecule has 0 heterocycles. The predicted molar refractivity (Wildman–Crippen MR) is 76.3 cm³/mol. The highest BCUT2D eigenvalue weighted by Crippen LogP contribution is 2.26. The number of sulfonamides is 1. The smallest absolute Gasteiger partial charge is 0.242 e. The summed E-state index contributed by atoms with van der Waals surface area (Å²) in [4.78, 5) is 2.37. The van der Waals surface area contributed by atoms with Crippen LogP contribution in [0.1, 0.15) is 19.8 Å². The highest BCUT2D eigenvalue weighted by Gasteiger charge is 2.29. The Bertz CT molecular complexity index is 541. The largest absolute Gasteiger partial charge is 0.398 e. The molecular weight excluding hydrogens is 262 g/mol. The van der Waals surface area contributed by atoms with Crippen LogP contribution < -0.4 is 10.5 Å². The van der Waals surface area contributed by atoms with Gasteiger partial charge in [-0.3, -0.25) is 4.90 Å². The van der Waals surface area contributed by atoms with Crippen LogP contribution in [-0.4, -0.2) is 39.0 Å². The molecule has 1 atom stereocenters. The minimum absolute atomic E-state index is 0.149. The molecule has 0 saturated heterocycles. The summed E-state index contributed by atoms with van der Waals surface area (Å²) in [5.41, 5.74) is 5.98. The first-order chi connectivity index (χ1) is 8.92.